The Balaban J connectivity index is 1.55. The Labute approximate surface area is 153 Å². The van der Waals surface area contributed by atoms with Crippen molar-refractivity contribution in [2.24, 2.45) is 0 Å². The fraction of sp³-hybridized carbons (Fsp3) is 0.182. The molecule has 0 aliphatic heterocycles. The fourth-order valence-electron chi connectivity index (χ4n) is 2.93. The van der Waals surface area contributed by atoms with Crippen molar-refractivity contribution in [3.05, 3.63) is 83.9 Å². The Morgan fingerprint density at radius 3 is 2.38 bits per heavy atom. The molecule has 0 fully saturated rings. The maximum absolute atomic E-state index is 12.4. The second kappa shape index (κ2) is 8.30. The van der Waals surface area contributed by atoms with E-state index < -0.39 is 0 Å². The molecular weight excluding hydrogens is 324 g/mol. The number of benzene rings is 3. The first-order valence-electron chi connectivity index (χ1n) is 8.65. The van der Waals surface area contributed by atoms with Gasteiger partial charge in [-0.2, -0.15) is 0 Å². The largest absolute Gasteiger partial charge is 0.347 e. The smallest absolute Gasteiger partial charge is 0.242 e. The van der Waals surface area contributed by atoms with E-state index in [4.69, 9.17) is 0 Å². The number of amides is 2. The summed E-state index contributed by atoms with van der Waals surface area (Å²) in [5, 5.41) is 5.00. The number of fused-ring (bicyclic) bond motifs is 1. The molecule has 132 valence electrons. The van der Waals surface area contributed by atoms with Gasteiger partial charge in [0.05, 0.1) is 13.0 Å². The van der Waals surface area contributed by atoms with Gasteiger partial charge in [0.25, 0.3) is 0 Å². The lowest BCUT2D eigenvalue weighted by Gasteiger charge is -2.19. The molecule has 26 heavy (non-hydrogen) atoms. The minimum atomic E-state index is -0.150. The standard InChI is InChI=1S/C22H22N2O2/c1-24(16-19-12-7-11-18-10-5-6-13-20(18)19)22(26)15-23-21(25)14-17-8-3-2-4-9-17/h2-13H,14-16H2,1H3,(H,23,25). The van der Waals surface area contributed by atoms with Crippen molar-refractivity contribution in [2.45, 2.75) is 13.0 Å². The Hall–Kier alpha value is -3.14. The average molecular weight is 346 g/mol. The number of nitrogens with zero attached hydrogens (tertiary/aromatic N) is 1. The Kier molecular flexibility index (Phi) is 5.64. The van der Waals surface area contributed by atoms with Crippen LogP contribution in [0.15, 0.2) is 72.8 Å². The van der Waals surface area contributed by atoms with Crippen molar-refractivity contribution in [2.75, 3.05) is 13.6 Å². The highest BCUT2D eigenvalue weighted by molar-refractivity contribution is 5.87. The third-order valence-corrected chi connectivity index (χ3v) is 4.36. The van der Waals surface area contributed by atoms with Crippen LogP contribution in [0.5, 0.6) is 0 Å². The minimum Gasteiger partial charge on any atom is -0.347 e. The number of likely N-dealkylation sites (N-methyl/N-ethyl adjacent to an activating group) is 1. The molecule has 0 radical (unpaired) electrons. The number of carbonyl (C=O) groups excluding carboxylic acids is 2. The highest BCUT2D eigenvalue weighted by Crippen LogP contribution is 2.19. The SMILES string of the molecule is CN(Cc1cccc2ccccc12)C(=O)CNC(=O)Cc1ccccc1. The molecule has 0 saturated heterocycles. The summed E-state index contributed by atoms with van der Waals surface area (Å²) < 4.78 is 0. The van der Waals surface area contributed by atoms with Crippen LogP contribution in [0.4, 0.5) is 0 Å². The topological polar surface area (TPSA) is 49.4 Å². The molecule has 0 aromatic heterocycles. The quantitative estimate of drug-likeness (QED) is 0.745. The zero-order valence-electron chi connectivity index (χ0n) is 14.8. The molecule has 0 aliphatic carbocycles. The molecule has 2 amide bonds. The number of carbonyl (C=O) groups is 2. The van der Waals surface area contributed by atoms with E-state index in [1.807, 2.05) is 54.6 Å². The highest BCUT2D eigenvalue weighted by Gasteiger charge is 2.12. The second-order valence-electron chi connectivity index (χ2n) is 6.33. The highest BCUT2D eigenvalue weighted by atomic mass is 16.2. The first kappa shape index (κ1) is 17.7. The molecule has 0 atom stereocenters. The van der Waals surface area contributed by atoms with E-state index in [0.717, 1.165) is 21.9 Å². The van der Waals surface area contributed by atoms with E-state index >= 15 is 0 Å². The van der Waals surface area contributed by atoms with Crippen LogP contribution >= 0.6 is 0 Å². The van der Waals surface area contributed by atoms with E-state index in [-0.39, 0.29) is 24.8 Å². The summed E-state index contributed by atoms with van der Waals surface area (Å²) in [4.78, 5) is 26.0. The zero-order valence-corrected chi connectivity index (χ0v) is 14.8. The van der Waals surface area contributed by atoms with Gasteiger partial charge in [-0.3, -0.25) is 9.59 Å². The summed E-state index contributed by atoms with van der Waals surface area (Å²) in [5.41, 5.74) is 2.02. The number of nitrogens with one attached hydrogen (secondary N) is 1. The van der Waals surface area contributed by atoms with E-state index in [1.54, 1.807) is 11.9 Å². The summed E-state index contributed by atoms with van der Waals surface area (Å²) in [6, 6.07) is 23.7. The normalized spacial score (nSPS) is 10.5. The van der Waals surface area contributed by atoms with Gasteiger partial charge in [0, 0.05) is 13.6 Å². The summed E-state index contributed by atoms with van der Waals surface area (Å²) in [7, 11) is 1.76. The van der Waals surface area contributed by atoms with Gasteiger partial charge < -0.3 is 10.2 Å². The first-order chi connectivity index (χ1) is 12.6. The van der Waals surface area contributed by atoms with E-state index in [1.165, 1.54) is 0 Å². The molecule has 3 rings (SSSR count). The van der Waals surface area contributed by atoms with E-state index in [2.05, 4.69) is 23.5 Å². The van der Waals surface area contributed by atoms with Crippen LogP contribution in [-0.2, 0) is 22.6 Å². The molecule has 1 N–H and O–H groups in total. The van der Waals surface area contributed by atoms with Crippen LogP contribution in [0, 0.1) is 0 Å². The molecule has 0 spiro atoms. The summed E-state index contributed by atoms with van der Waals surface area (Å²) in [6.45, 7) is 0.516. The summed E-state index contributed by atoms with van der Waals surface area (Å²) in [5.74, 6) is -0.262. The fourth-order valence-corrected chi connectivity index (χ4v) is 2.93. The number of rotatable bonds is 6. The Bertz CT molecular complexity index is 901. The molecule has 3 aromatic rings. The van der Waals surface area contributed by atoms with Gasteiger partial charge in [0.2, 0.25) is 11.8 Å². The van der Waals surface area contributed by atoms with Gasteiger partial charge in [0.1, 0.15) is 0 Å². The maximum Gasteiger partial charge on any atom is 0.242 e. The molecule has 4 heteroatoms. The van der Waals surface area contributed by atoms with Crippen molar-refractivity contribution in [1.29, 1.82) is 0 Å². The lowest BCUT2D eigenvalue weighted by Crippen LogP contribution is -2.38. The lowest BCUT2D eigenvalue weighted by molar-refractivity contribution is -0.132. The lowest BCUT2D eigenvalue weighted by atomic mass is 10.0. The molecule has 0 heterocycles. The molecule has 0 saturated carbocycles. The van der Waals surface area contributed by atoms with Crippen molar-refractivity contribution in [3.63, 3.8) is 0 Å². The van der Waals surface area contributed by atoms with Gasteiger partial charge in [-0.1, -0.05) is 72.8 Å². The van der Waals surface area contributed by atoms with Gasteiger partial charge in [0.15, 0.2) is 0 Å². The van der Waals surface area contributed by atoms with E-state index in [9.17, 15) is 9.59 Å². The predicted molar refractivity (Wildman–Crippen MR) is 104 cm³/mol. The van der Waals surface area contributed by atoms with Crippen molar-refractivity contribution in [1.82, 2.24) is 10.2 Å². The maximum atomic E-state index is 12.4. The molecule has 0 unspecified atom stereocenters. The van der Waals surface area contributed by atoms with Crippen LogP contribution in [0.1, 0.15) is 11.1 Å². The third kappa shape index (κ3) is 4.48. The molecule has 0 aliphatic rings. The number of hydrogen-bond acceptors (Lipinski definition) is 2. The number of hydrogen-bond donors (Lipinski definition) is 1. The first-order valence-corrected chi connectivity index (χ1v) is 8.65. The van der Waals surface area contributed by atoms with E-state index in [0.29, 0.717) is 6.54 Å². The minimum absolute atomic E-state index is 0.00688. The second-order valence-corrected chi connectivity index (χ2v) is 6.33. The van der Waals surface area contributed by atoms with Crippen molar-refractivity contribution < 1.29 is 9.59 Å². The summed E-state index contributed by atoms with van der Waals surface area (Å²) >= 11 is 0. The molecular formula is C22H22N2O2. The molecule has 4 nitrogen and oxygen atoms in total. The van der Waals surface area contributed by atoms with Crippen molar-refractivity contribution in [3.8, 4) is 0 Å². The monoisotopic (exact) mass is 346 g/mol. The Morgan fingerprint density at radius 2 is 1.58 bits per heavy atom. The van der Waals surface area contributed by atoms with Crippen LogP contribution in [-0.4, -0.2) is 30.3 Å². The van der Waals surface area contributed by atoms with Crippen LogP contribution in [0.25, 0.3) is 10.8 Å². The third-order valence-electron chi connectivity index (χ3n) is 4.36. The molecule has 3 aromatic carbocycles. The van der Waals surface area contributed by atoms with Crippen LogP contribution < -0.4 is 5.32 Å². The van der Waals surface area contributed by atoms with Crippen LogP contribution in [0.2, 0.25) is 0 Å². The summed E-state index contributed by atoms with van der Waals surface area (Å²) in [6.07, 6.45) is 0.279. The van der Waals surface area contributed by atoms with Gasteiger partial charge >= 0.3 is 0 Å². The van der Waals surface area contributed by atoms with Gasteiger partial charge in [-0.25, -0.2) is 0 Å². The van der Waals surface area contributed by atoms with Crippen LogP contribution in [0.3, 0.4) is 0 Å². The van der Waals surface area contributed by atoms with Crippen molar-refractivity contribution >= 4 is 22.6 Å². The Morgan fingerprint density at radius 1 is 0.885 bits per heavy atom. The van der Waals surface area contributed by atoms with Gasteiger partial charge in [-0.05, 0) is 21.9 Å². The van der Waals surface area contributed by atoms with Gasteiger partial charge in [-0.15, -0.1) is 0 Å². The predicted octanol–water partition coefficient (Wildman–Crippen LogP) is 3.16. The molecule has 0 bridgehead atoms. The average Bonchev–Trinajstić information content (AvgIpc) is 2.67. The zero-order chi connectivity index (χ0) is 18.4.